The monoisotopic (exact) mass is 302 g/mol. The molecule has 2 aromatic rings. The second kappa shape index (κ2) is 8.67. The van der Waals surface area contributed by atoms with Crippen LogP contribution in [0.4, 0.5) is 9.18 Å². The lowest BCUT2D eigenvalue weighted by atomic mass is 10.2. The van der Waals surface area contributed by atoms with Crippen molar-refractivity contribution in [2.45, 2.75) is 13.0 Å². The predicted molar refractivity (Wildman–Crippen MR) is 83.2 cm³/mol. The van der Waals surface area contributed by atoms with E-state index in [1.54, 1.807) is 12.1 Å². The highest BCUT2D eigenvalue weighted by Crippen LogP contribution is 2.10. The van der Waals surface area contributed by atoms with Gasteiger partial charge in [0.2, 0.25) is 0 Å². The maximum atomic E-state index is 12.7. The zero-order chi connectivity index (χ0) is 15.6. The van der Waals surface area contributed by atoms with Crippen LogP contribution in [0.15, 0.2) is 54.6 Å². The van der Waals surface area contributed by atoms with Gasteiger partial charge in [-0.1, -0.05) is 30.3 Å². The third-order valence-electron chi connectivity index (χ3n) is 2.98. The van der Waals surface area contributed by atoms with E-state index >= 15 is 0 Å². The van der Waals surface area contributed by atoms with Crippen molar-refractivity contribution >= 4 is 6.03 Å². The molecule has 2 N–H and O–H groups in total. The molecule has 0 fully saturated rings. The summed E-state index contributed by atoms with van der Waals surface area (Å²) in [5.74, 6) is 0.332. The summed E-state index contributed by atoms with van der Waals surface area (Å²) in [6.45, 7) is 1.48. The van der Waals surface area contributed by atoms with Gasteiger partial charge in [0.25, 0.3) is 0 Å². The summed E-state index contributed by atoms with van der Waals surface area (Å²) >= 11 is 0. The van der Waals surface area contributed by atoms with Gasteiger partial charge in [-0.05, 0) is 36.2 Å². The van der Waals surface area contributed by atoms with Gasteiger partial charge in [0.1, 0.15) is 11.6 Å². The number of benzene rings is 2. The molecular formula is C17H19FN2O2. The van der Waals surface area contributed by atoms with Gasteiger partial charge in [-0.2, -0.15) is 0 Å². The molecule has 0 aliphatic rings. The molecule has 22 heavy (non-hydrogen) atoms. The summed E-state index contributed by atoms with van der Waals surface area (Å²) in [6.07, 6.45) is 0.677. The molecule has 0 aromatic heterocycles. The van der Waals surface area contributed by atoms with Crippen molar-refractivity contribution in [1.82, 2.24) is 10.6 Å². The van der Waals surface area contributed by atoms with E-state index < -0.39 is 0 Å². The van der Waals surface area contributed by atoms with Crippen LogP contribution < -0.4 is 15.4 Å². The van der Waals surface area contributed by atoms with Gasteiger partial charge >= 0.3 is 6.03 Å². The fraction of sp³-hybridized carbons (Fsp3) is 0.235. The first-order chi connectivity index (χ1) is 10.7. The van der Waals surface area contributed by atoms with E-state index in [-0.39, 0.29) is 11.8 Å². The summed E-state index contributed by atoms with van der Waals surface area (Å²) < 4.78 is 18.1. The molecule has 0 saturated heterocycles. The standard InChI is InChI=1S/C17H19FN2O2/c18-15-7-9-16(10-8-15)22-12-4-11-19-17(21)20-13-14-5-2-1-3-6-14/h1-3,5-10H,4,11-13H2,(H2,19,20,21). The van der Waals surface area contributed by atoms with Crippen LogP contribution >= 0.6 is 0 Å². The Balaban J connectivity index is 1.54. The lowest BCUT2D eigenvalue weighted by Gasteiger charge is -2.09. The summed E-state index contributed by atoms with van der Waals surface area (Å²) in [5, 5.41) is 5.54. The van der Waals surface area contributed by atoms with Crippen LogP contribution in [0.1, 0.15) is 12.0 Å². The maximum absolute atomic E-state index is 12.7. The van der Waals surface area contributed by atoms with Gasteiger partial charge in [0, 0.05) is 13.1 Å². The van der Waals surface area contributed by atoms with Gasteiger partial charge in [-0.25, -0.2) is 9.18 Å². The van der Waals surface area contributed by atoms with Gasteiger partial charge in [-0.15, -0.1) is 0 Å². The second-order valence-electron chi connectivity index (χ2n) is 4.75. The number of ether oxygens (including phenoxy) is 1. The molecule has 0 heterocycles. The van der Waals surface area contributed by atoms with E-state index in [1.807, 2.05) is 30.3 Å². The van der Waals surface area contributed by atoms with Gasteiger partial charge in [0.05, 0.1) is 6.61 Å². The zero-order valence-corrected chi connectivity index (χ0v) is 12.2. The zero-order valence-electron chi connectivity index (χ0n) is 12.2. The molecule has 0 atom stereocenters. The van der Waals surface area contributed by atoms with Crippen molar-refractivity contribution in [1.29, 1.82) is 0 Å². The molecule has 0 bridgehead atoms. The van der Waals surface area contributed by atoms with Crippen LogP contribution in [0, 0.1) is 5.82 Å². The molecule has 0 radical (unpaired) electrons. The molecule has 0 saturated carbocycles. The molecule has 0 unspecified atom stereocenters. The number of nitrogens with one attached hydrogen (secondary N) is 2. The van der Waals surface area contributed by atoms with Crippen LogP contribution in [0.3, 0.4) is 0 Å². The van der Waals surface area contributed by atoms with Crippen LogP contribution in [0.2, 0.25) is 0 Å². The highest BCUT2D eigenvalue weighted by Gasteiger charge is 2.00. The molecule has 2 aromatic carbocycles. The van der Waals surface area contributed by atoms with E-state index in [2.05, 4.69) is 10.6 Å². The number of amides is 2. The fourth-order valence-electron chi connectivity index (χ4n) is 1.84. The SMILES string of the molecule is O=C(NCCCOc1ccc(F)cc1)NCc1ccccc1. The highest BCUT2D eigenvalue weighted by atomic mass is 19.1. The molecule has 116 valence electrons. The quantitative estimate of drug-likeness (QED) is 0.772. The van der Waals surface area contributed by atoms with E-state index in [4.69, 9.17) is 4.74 Å². The minimum absolute atomic E-state index is 0.203. The second-order valence-corrected chi connectivity index (χ2v) is 4.75. The number of carbonyl (C=O) groups excluding carboxylic acids is 1. The molecule has 2 rings (SSSR count). The number of hydrogen-bond acceptors (Lipinski definition) is 2. The fourth-order valence-corrected chi connectivity index (χ4v) is 1.84. The molecule has 4 nitrogen and oxygen atoms in total. The summed E-state index contributed by atoms with van der Waals surface area (Å²) in [6, 6.07) is 15.4. The Kier molecular flexibility index (Phi) is 6.23. The summed E-state index contributed by atoms with van der Waals surface area (Å²) in [4.78, 5) is 11.6. The number of rotatable bonds is 7. The van der Waals surface area contributed by atoms with Crippen molar-refractivity contribution in [3.63, 3.8) is 0 Å². The first-order valence-corrected chi connectivity index (χ1v) is 7.18. The van der Waals surface area contributed by atoms with Crippen LogP contribution in [0.5, 0.6) is 5.75 Å². The Morgan fingerprint density at radius 1 is 1.00 bits per heavy atom. The smallest absolute Gasteiger partial charge is 0.315 e. The lowest BCUT2D eigenvalue weighted by Crippen LogP contribution is -2.35. The third kappa shape index (κ3) is 5.83. The predicted octanol–water partition coefficient (Wildman–Crippen LogP) is 3.09. The first-order valence-electron chi connectivity index (χ1n) is 7.18. The van der Waals surface area contributed by atoms with E-state index in [1.165, 1.54) is 12.1 Å². The van der Waals surface area contributed by atoms with Crippen molar-refractivity contribution < 1.29 is 13.9 Å². The summed E-state index contributed by atoms with van der Waals surface area (Å²) in [5.41, 5.74) is 1.05. The topological polar surface area (TPSA) is 50.4 Å². The Bertz CT molecular complexity index is 573. The van der Waals surface area contributed by atoms with E-state index in [0.717, 1.165) is 5.56 Å². The minimum Gasteiger partial charge on any atom is -0.494 e. The van der Waals surface area contributed by atoms with Gasteiger partial charge in [0.15, 0.2) is 0 Å². The summed E-state index contributed by atoms with van der Waals surface area (Å²) in [7, 11) is 0. The average molecular weight is 302 g/mol. The van der Waals surface area contributed by atoms with Gasteiger partial charge in [-0.3, -0.25) is 0 Å². The molecule has 2 amide bonds. The third-order valence-corrected chi connectivity index (χ3v) is 2.98. The Morgan fingerprint density at radius 2 is 1.73 bits per heavy atom. The van der Waals surface area contributed by atoms with Crippen molar-refractivity contribution in [2.75, 3.05) is 13.2 Å². The molecule has 0 aliphatic carbocycles. The minimum atomic E-state index is -0.288. The lowest BCUT2D eigenvalue weighted by molar-refractivity contribution is 0.238. The van der Waals surface area contributed by atoms with E-state index in [9.17, 15) is 9.18 Å². The molecule has 0 aliphatic heterocycles. The average Bonchev–Trinajstić information content (AvgIpc) is 2.55. The number of hydrogen-bond donors (Lipinski definition) is 2. The van der Waals surface area contributed by atoms with E-state index in [0.29, 0.717) is 31.9 Å². The van der Waals surface area contributed by atoms with Crippen LogP contribution in [-0.2, 0) is 6.54 Å². The Morgan fingerprint density at radius 3 is 2.45 bits per heavy atom. The highest BCUT2D eigenvalue weighted by molar-refractivity contribution is 5.73. The molecule has 5 heteroatoms. The number of carbonyl (C=O) groups is 1. The van der Waals surface area contributed by atoms with Crippen molar-refractivity contribution in [3.8, 4) is 5.75 Å². The first kappa shape index (κ1) is 15.8. The van der Waals surface area contributed by atoms with Gasteiger partial charge < -0.3 is 15.4 Å². The molecule has 0 spiro atoms. The van der Waals surface area contributed by atoms with Crippen molar-refractivity contribution in [3.05, 3.63) is 66.0 Å². The van der Waals surface area contributed by atoms with Crippen LogP contribution in [0.25, 0.3) is 0 Å². The molecular weight excluding hydrogens is 283 g/mol. The Labute approximate surface area is 129 Å². The largest absolute Gasteiger partial charge is 0.494 e. The number of halogens is 1. The maximum Gasteiger partial charge on any atom is 0.315 e. The normalized spacial score (nSPS) is 10.0. The Hall–Kier alpha value is -2.56. The number of urea groups is 1. The van der Waals surface area contributed by atoms with Crippen molar-refractivity contribution in [2.24, 2.45) is 0 Å². The van der Waals surface area contributed by atoms with Crippen LogP contribution in [-0.4, -0.2) is 19.2 Å².